The Labute approximate surface area is 70.8 Å². The van der Waals surface area contributed by atoms with Crippen LogP contribution in [-0.4, -0.2) is 5.11 Å². The lowest BCUT2D eigenvalue weighted by molar-refractivity contribution is 0.272. The van der Waals surface area contributed by atoms with Gasteiger partial charge in [0.1, 0.15) is 0 Å². The average molecular weight is 223 g/mol. The quantitative estimate of drug-likeness (QED) is 0.723. The Kier molecular flexibility index (Phi) is 2.57. The third-order valence-corrected chi connectivity index (χ3v) is 2.04. The topological polar surface area (TPSA) is 20.2 Å². The van der Waals surface area contributed by atoms with Gasteiger partial charge in [-0.3, -0.25) is 0 Å². The van der Waals surface area contributed by atoms with Gasteiger partial charge in [-0.15, -0.1) is 0 Å². The number of aliphatic hydroxyl groups excluding tert-OH is 1. The predicted octanol–water partition coefficient (Wildman–Crippen LogP) is 2.22. The molecule has 60 valence electrons. The van der Waals surface area contributed by atoms with Crippen LogP contribution in [0.4, 0.5) is 8.78 Å². The fourth-order valence-electron chi connectivity index (χ4n) is 0.714. The van der Waals surface area contributed by atoms with E-state index >= 15 is 0 Å². The van der Waals surface area contributed by atoms with Crippen molar-refractivity contribution in [3.05, 3.63) is 33.8 Å². The normalized spacial score (nSPS) is 10.2. The summed E-state index contributed by atoms with van der Waals surface area (Å²) in [5, 5.41) is 8.59. The number of hydrogen-bond acceptors (Lipinski definition) is 1. The third kappa shape index (κ3) is 1.57. The molecule has 0 heterocycles. The minimum Gasteiger partial charge on any atom is -0.392 e. The van der Waals surface area contributed by atoms with E-state index in [4.69, 9.17) is 5.11 Å². The van der Waals surface area contributed by atoms with Crippen molar-refractivity contribution in [1.82, 2.24) is 0 Å². The summed E-state index contributed by atoms with van der Waals surface area (Å²) >= 11 is 2.97. The first-order valence-electron chi connectivity index (χ1n) is 2.90. The Bertz CT molecular complexity index is 275. The van der Waals surface area contributed by atoms with E-state index in [1.54, 1.807) is 0 Å². The SMILES string of the molecule is OCc1c(Br)ccc(F)c1F. The molecule has 4 heteroatoms. The number of hydrogen-bond donors (Lipinski definition) is 1. The van der Waals surface area contributed by atoms with Gasteiger partial charge in [0, 0.05) is 10.0 Å². The van der Waals surface area contributed by atoms with Crippen molar-refractivity contribution >= 4 is 15.9 Å². The molecular weight excluding hydrogens is 218 g/mol. The zero-order valence-corrected chi connectivity index (χ0v) is 7.03. The van der Waals surface area contributed by atoms with Gasteiger partial charge >= 0.3 is 0 Å². The molecule has 1 aromatic rings. The molecule has 0 bridgehead atoms. The van der Waals surface area contributed by atoms with E-state index in [-0.39, 0.29) is 5.56 Å². The molecule has 1 nitrogen and oxygen atoms in total. The Hall–Kier alpha value is -0.480. The molecule has 0 atom stereocenters. The van der Waals surface area contributed by atoms with Gasteiger partial charge in [0.25, 0.3) is 0 Å². The molecule has 0 fully saturated rings. The summed E-state index contributed by atoms with van der Waals surface area (Å²) in [6.45, 7) is -0.510. The van der Waals surface area contributed by atoms with Crippen LogP contribution in [0.3, 0.4) is 0 Å². The molecular formula is C7H5BrF2O. The molecule has 0 aromatic heterocycles. The van der Waals surface area contributed by atoms with Crippen LogP contribution in [0.25, 0.3) is 0 Å². The van der Waals surface area contributed by atoms with Crippen LogP contribution in [0.2, 0.25) is 0 Å². The Balaban J connectivity index is 3.29. The van der Waals surface area contributed by atoms with Crippen LogP contribution in [0.5, 0.6) is 0 Å². The van der Waals surface area contributed by atoms with E-state index in [9.17, 15) is 8.78 Å². The third-order valence-electron chi connectivity index (χ3n) is 1.30. The van der Waals surface area contributed by atoms with Crippen LogP contribution >= 0.6 is 15.9 Å². The van der Waals surface area contributed by atoms with Crippen molar-refractivity contribution in [3.63, 3.8) is 0 Å². The van der Waals surface area contributed by atoms with E-state index < -0.39 is 18.2 Å². The molecule has 0 radical (unpaired) electrons. The second kappa shape index (κ2) is 3.28. The largest absolute Gasteiger partial charge is 0.392 e. The first-order valence-corrected chi connectivity index (χ1v) is 3.69. The number of aliphatic hydroxyl groups is 1. The highest BCUT2D eigenvalue weighted by Crippen LogP contribution is 2.21. The zero-order valence-electron chi connectivity index (χ0n) is 5.44. The highest BCUT2D eigenvalue weighted by atomic mass is 79.9. The smallest absolute Gasteiger partial charge is 0.165 e. The maximum atomic E-state index is 12.7. The van der Waals surface area contributed by atoms with E-state index in [0.29, 0.717) is 4.47 Å². The van der Waals surface area contributed by atoms with Crippen molar-refractivity contribution in [1.29, 1.82) is 0 Å². The molecule has 1 aromatic carbocycles. The van der Waals surface area contributed by atoms with Gasteiger partial charge in [-0.25, -0.2) is 8.78 Å². The fraction of sp³-hybridized carbons (Fsp3) is 0.143. The molecule has 11 heavy (non-hydrogen) atoms. The first kappa shape index (κ1) is 8.62. The second-order valence-corrected chi connectivity index (χ2v) is 2.83. The van der Waals surface area contributed by atoms with Gasteiger partial charge in [-0.05, 0) is 12.1 Å². The Morgan fingerprint density at radius 2 is 2.00 bits per heavy atom. The maximum Gasteiger partial charge on any atom is 0.165 e. The molecule has 1 N–H and O–H groups in total. The molecule has 0 aliphatic heterocycles. The highest BCUT2D eigenvalue weighted by Gasteiger charge is 2.09. The van der Waals surface area contributed by atoms with Gasteiger partial charge in [-0.2, -0.15) is 0 Å². The maximum absolute atomic E-state index is 12.7. The Morgan fingerprint density at radius 1 is 1.36 bits per heavy atom. The monoisotopic (exact) mass is 222 g/mol. The number of benzene rings is 1. The standard InChI is InChI=1S/C7H5BrF2O/c8-5-1-2-6(9)7(10)4(5)3-11/h1-2,11H,3H2. The Morgan fingerprint density at radius 3 is 2.45 bits per heavy atom. The van der Waals surface area contributed by atoms with Gasteiger partial charge in [-0.1, -0.05) is 15.9 Å². The number of halogens is 3. The van der Waals surface area contributed by atoms with E-state index in [2.05, 4.69) is 15.9 Å². The van der Waals surface area contributed by atoms with Crippen molar-refractivity contribution < 1.29 is 13.9 Å². The van der Waals surface area contributed by atoms with Gasteiger partial charge in [0.05, 0.1) is 6.61 Å². The van der Waals surface area contributed by atoms with E-state index in [0.717, 1.165) is 6.07 Å². The summed E-state index contributed by atoms with van der Waals surface area (Å²) in [5.74, 6) is -1.95. The van der Waals surface area contributed by atoms with Crippen LogP contribution in [0, 0.1) is 11.6 Å². The van der Waals surface area contributed by atoms with Crippen LogP contribution in [0.1, 0.15) is 5.56 Å². The lowest BCUT2D eigenvalue weighted by Crippen LogP contribution is -1.94. The van der Waals surface area contributed by atoms with Crippen molar-refractivity contribution in [2.75, 3.05) is 0 Å². The van der Waals surface area contributed by atoms with E-state index in [1.807, 2.05) is 0 Å². The van der Waals surface area contributed by atoms with Crippen molar-refractivity contribution in [2.24, 2.45) is 0 Å². The van der Waals surface area contributed by atoms with Crippen LogP contribution < -0.4 is 0 Å². The minimum atomic E-state index is -0.998. The molecule has 0 aliphatic carbocycles. The number of rotatable bonds is 1. The molecule has 0 saturated heterocycles. The lowest BCUT2D eigenvalue weighted by atomic mass is 10.2. The minimum absolute atomic E-state index is 0.0509. The second-order valence-electron chi connectivity index (χ2n) is 1.98. The summed E-state index contributed by atoms with van der Waals surface area (Å²) in [5.41, 5.74) is -0.0509. The summed E-state index contributed by atoms with van der Waals surface area (Å²) in [6.07, 6.45) is 0. The molecule has 1 rings (SSSR count). The van der Waals surface area contributed by atoms with Gasteiger partial charge in [0.15, 0.2) is 11.6 Å². The van der Waals surface area contributed by atoms with Crippen molar-refractivity contribution in [2.45, 2.75) is 6.61 Å². The van der Waals surface area contributed by atoms with Crippen LogP contribution in [0.15, 0.2) is 16.6 Å². The average Bonchev–Trinajstić information content (AvgIpc) is 1.99. The fourth-order valence-corrected chi connectivity index (χ4v) is 1.15. The zero-order chi connectivity index (χ0) is 8.43. The lowest BCUT2D eigenvalue weighted by Gasteiger charge is -2.01. The summed E-state index contributed by atoms with van der Waals surface area (Å²) < 4.78 is 25.5. The summed E-state index contributed by atoms with van der Waals surface area (Å²) in [4.78, 5) is 0. The van der Waals surface area contributed by atoms with E-state index in [1.165, 1.54) is 6.07 Å². The van der Waals surface area contributed by atoms with Gasteiger partial charge < -0.3 is 5.11 Å². The van der Waals surface area contributed by atoms with Crippen molar-refractivity contribution in [3.8, 4) is 0 Å². The summed E-state index contributed by atoms with van der Waals surface area (Å²) in [6, 6.07) is 2.35. The van der Waals surface area contributed by atoms with Gasteiger partial charge in [0.2, 0.25) is 0 Å². The molecule has 0 aliphatic rings. The molecule has 0 amide bonds. The predicted molar refractivity (Wildman–Crippen MR) is 40.0 cm³/mol. The molecule has 0 spiro atoms. The molecule has 0 unspecified atom stereocenters. The molecule has 0 saturated carbocycles. The van der Waals surface area contributed by atoms with Crippen LogP contribution in [-0.2, 0) is 6.61 Å². The first-order chi connectivity index (χ1) is 5.16. The highest BCUT2D eigenvalue weighted by molar-refractivity contribution is 9.10. The summed E-state index contributed by atoms with van der Waals surface area (Å²) in [7, 11) is 0.